The minimum absolute atomic E-state index is 0.170. The number of para-hydroxylation sites is 9. The lowest BCUT2D eigenvalue weighted by molar-refractivity contribution is 0.660. The van der Waals surface area contributed by atoms with Crippen LogP contribution in [0.3, 0.4) is 0 Å². The van der Waals surface area contributed by atoms with E-state index >= 15 is 0 Å². The second kappa shape index (κ2) is 33.4. The molecule has 0 N–H and O–H groups in total. The van der Waals surface area contributed by atoms with Crippen molar-refractivity contribution in [3.05, 3.63) is 515 Å². The molecular weight excluding hydrogens is 1840 g/mol. The van der Waals surface area contributed by atoms with Gasteiger partial charge in [-0.25, -0.2) is 0 Å². The largest absolute Gasteiger partial charge is 0.454 e. The second-order valence-corrected chi connectivity index (χ2v) is 41.4. The molecule has 0 unspecified atom stereocenters. The molecule has 8 nitrogen and oxygen atoms in total. The highest BCUT2D eigenvalue weighted by Gasteiger charge is 2.37. The van der Waals surface area contributed by atoms with Crippen LogP contribution >= 0.6 is 11.3 Å². The Morgan fingerprint density at radius 3 is 1.05 bits per heavy atom. The Labute approximate surface area is 865 Å². The van der Waals surface area contributed by atoms with Gasteiger partial charge in [-0.3, -0.25) is 0 Å². The average Bonchev–Trinajstić information content (AvgIpc) is 1.55. The molecular formula is C141H89N5O3S. The van der Waals surface area contributed by atoms with Crippen molar-refractivity contribution < 1.29 is 13.3 Å². The molecule has 702 valence electrons. The molecule has 0 bridgehead atoms. The van der Waals surface area contributed by atoms with E-state index in [0.717, 1.165) is 110 Å². The van der Waals surface area contributed by atoms with Crippen molar-refractivity contribution in [3.8, 4) is 95.2 Å². The van der Waals surface area contributed by atoms with Gasteiger partial charge in [0, 0.05) is 130 Å². The molecule has 9 heterocycles. The van der Waals surface area contributed by atoms with Crippen LogP contribution in [0.1, 0.15) is 25.0 Å². The fourth-order valence-corrected chi connectivity index (χ4v) is 26.1. The molecule has 0 spiro atoms. The van der Waals surface area contributed by atoms with Crippen LogP contribution in [-0.4, -0.2) is 22.8 Å². The first-order valence-corrected chi connectivity index (χ1v) is 52.3. The molecule has 33 rings (SSSR count). The molecule has 0 fully saturated rings. The van der Waals surface area contributed by atoms with Gasteiger partial charge in [-0.05, 0) is 248 Å². The van der Waals surface area contributed by atoms with Crippen LogP contribution in [0, 0.1) is 0 Å². The summed E-state index contributed by atoms with van der Waals surface area (Å²) in [4.78, 5) is 0. The van der Waals surface area contributed by atoms with Gasteiger partial charge < -0.3 is 36.1 Å². The van der Waals surface area contributed by atoms with Gasteiger partial charge in [0.1, 0.15) is 16.7 Å². The Bertz CT molecular complexity index is 11200. The van der Waals surface area contributed by atoms with Crippen LogP contribution in [0.15, 0.2) is 517 Å². The maximum atomic E-state index is 6.76. The number of thiophene rings is 1. The third-order valence-corrected chi connectivity index (χ3v) is 33.0. The molecule has 150 heavy (non-hydrogen) atoms. The molecule has 0 atom stereocenters. The quantitative estimate of drug-likeness (QED) is 0.137. The number of hydrogen-bond donors (Lipinski definition) is 0. The summed E-state index contributed by atoms with van der Waals surface area (Å²) in [5.41, 5.74) is 40.1. The zero-order valence-corrected chi connectivity index (χ0v) is 82.6. The van der Waals surface area contributed by atoms with Crippen LogP contribution in [0.5, 0.6) is 0 Å². The van der Waals surface area contributed by atoms with Crippen LogP contribution in [0.4, 0.5) is 0 Å². The molecule has 1 aliphatic carbocycles. The summed E-state index contributed by atoms with van der Waals surface area (Å²) < 4.78 is 34.6. The first-order valence-electron chi connectivity index (χ1n) is 51.5. The van der Waals surface area contributed by atoms with Gasteiger partial charge in [0.15, 0.2) is 16.7 Å². The topological polar surface area (TPSA) is 64.1 Å². The molecule has 0 aliphatic heterocycles. The molecule has 23 aromatic carbocycles. The Morgan fingerprint density at radius 1 is 0.180 bits per heavy atom. The first-order chi connectivity index (χ1) is 74.2. The normalized spacial score (nSPS) is 12.5. The Morgan fingerprint density at radius 2 is 0.527 bits per heavy atom. The molecule has 0 saturated heterocycles. The van der Waals surface area contributed by atoms with E-state index in [1.165, 1.54) is 191 Å². The van der Waals surface area contributed by atoms with Crippen LogP contribution in [-0.2, 0) is 5.41 Å². The van der Waals surface area contributed by atoms with Crippen molar-refractivity contribution in [3.63, 3.8) is 0 Å². The fourth-order valence-electron chi connectivity index (χ4n) is 24.9. The highest BCUT2D eigenvalue weighted by atomic mass is 32.1. The third-order valence-electron chi connectivity index (χ3n) is 31.8. The summed E-state index contributed by atoms with van der Waals surface area (Å²) in [6, 6.07) is 182. The van der Waals surface area contributed by atoms with Crippen LogP contribution in [0.25, 0.3) is 290 Å². The fraction of sp³-hybridized carbons (Fsp3) is 0.0213. The molecule has 1 aliphatic rings. The molecule has 0 radical (unpaired) electrons. The van der Waals surface area contributed by atoms with Crippen molar-refractivity contribution in [2.24, 2.45) is 0 Å². The lowest BCUT2D eigenvalue weighted by Crippen LogP contribution is -2.15. The van der Waals surface area contributed by atoms with E-state index < -0.39 is 0 Å². The van der Waals surface area contributed by atoms with Crippen molar-refractivity contribution in [2.75, 3.05) is 0 Å². The van der Waals surface area contributed by atoms with Crippen LogP contribution in [0.2, 0.25) is 0 Å². The zero-order chi connectivity index (χ0) is 98.7. The highest BCUT2D eigenvalue weighted by Crippen LogP contribution is 2.54. The molecule has 0 amide bonds. The van der Waals surface area contributed by atoms with Gasteiger partial charge in [0.05, 0.1) is 65.6 Å². The maximum Gasteiger partial charge on any atom is 0.160 e. The van der Waals surface area contributed by atoms with Crippen molar-refractivity contribution in [1.29, 1.82) is 0 Å². The predicted molar refractivity (Wildman–Crippen MR) is 630 cm³/mol. The molecule has 9 heteroatoms. The van der Waals surface area contributed by atoms with E-state index in [1.54, 1.807) is 0 Å². The molecule has 0 saturated carbocycles. The number of hydrogen-bond acceptors (Lipinski definition) is 4. The van der Waals surface area contributed by atoms with E-state index in [-0.39, 0.29) is 5.41 Å². The summed E-state index contributed by atoms with van der Waals surface area (Å²) >= 11 is 1.86. The summed E-state index contributed by atoms with van der Waals surface area (Å²) in [7, 11) is 0. The van der Waals surface area contributed by atoms with Crippen LogP contribution < -0.4 is 0 Å². The minimum atomic E-state index is -0.170. The van der Waals surface area contributed by atoms with E-state index in [0.29, 0.717) is 0 Å². The van der Waals surface area contributed by atoms with Gasteiger partial charge in [-0.15, -0.1) is 11.3 Å². The zero-order valence-electron chi connectivity index (χ0n) is 81.8. The number of rotatable bonds is 10. The SMILES string of the molecule is CC1(C)c2ccc(-c3ccc4c5ccccc5n(-c5ccccc5)c4c3)cc2-c2ccc(-n3c4ccccc4c4ccc5c6ccccc6oc5c43)cc21.c1ccc(-c2cc(-c3ccccc3)cc(-c3ccc4c(c3)c3ccc5c6ccccc6oc5c3n4-c3cccc4c3sc3ccccc34)c2)cc1.c1ccc(-n2c3ccccc3c3ccc(-c4cccc(-n5c6ccccc6c6ccc7c8ccccc8oc7c65)c4)cc32)cc1. The Balaban J connectivity index is 0.000000102. The standard InChI is InChI=1S/C51H34N2O.C48H29NOS.C42H26N2O/c1-51(2)43-27-21-31(32-20-23-38-36-14-6-9-17-45(36)52(47(38)29-32)33-12-4-3-5-13-33)28-42(43)35-24-22-34(30-44(35)51)53-46-18-10-7-15-37(46)40-25-26-41-39-16-8-11-19-48(39)54-50(41)49(40)53;1-3-12-30(13-4-1)33-26-34(31-14-5-2-6-15-31)28-35(27-33)32-22-25-42-41(29-32)38-23-24-39-36-16-7-9-20-44(36)50-47(39)46(38)49(42)43-19-11-18-40-37-17-8-10-21-45(37)51-48(40)43;1-2-12-29(13-3-1)43-37-18-7-4-15-31(37)33-22-21-28(26-39(33)43)27-11-10-14-30(25-27)44-38-19-8-5-16-32(38)35-23-24-36-34-17-6-9-20-40(34)45-42(36)41(35)44/h3-30H,1-2H3;1-29H;1-26H. The Hall–Kier alpha value is -19.3. The van der Waals surface area contributed by atoms with E-state index in [2.05, 4.69) is 528 Å². The average molecular weight is 1930 g/mol. The van der Waals surface area contributed by atoms with E-state index in [9.17, 15) is 0 Å². The lowest BCUT2D eigenvalue weighted by atomic mass is 9.82. The van der Waals surface area contributed by atoms with Gasteiger partial charge in [-0.2, -0.15) is 0 Å². The van der Waals surface area contributed by atoms with Gasteiger partial charge >= 0.3 is 0 Å². The summed E-state index contributed by atoms with van der Waals surface area (Å²) in [5, 5.41) is 21.7. The maximum absolute atomic E-state index is 6.76. The Kier molecular flexibility index (Phi) is 18.9. The number of fused-ring (bicyclic) bond motifs is 33. The van der Waals surface area contributed by atoms with Gasteiger partial charge in [0.25, 0.3) is 0 Å². The van der Waals surface area contributed by atoms with Crippen molar-refractivity contribution in [2.45, 2.75) is 19.3 Å². The van der Waals surface area contributed by atoms with Crippen molar-refractivity contribution >= 4 is 206 Å². The van der Waals surface area contributed by atoms with Crippen molar-refractivity contribution in [1.82, 2.24) is 22.8 Å². The summed E-state index contributed by atoms with van der Waals surface area (Å²) in [5.74, 6) is 0. The lowest BCUT2D eigenvalue weighted by Gasteiger charge is -2.22. The van der Waals surface area contributed by atoms with E-state index in [1.807, 2.05) is 23.5 Å². The number of benzene rings is 23. The van der Waals surface area contributed by atoms with E-state index in [4.69, 9.17) is 13.3 Å². The number of nitrogens with zero attached hydrogens (tertiary/aromatic N) is 5. The molecule has 32 aromatic rings. The number of furan rings is 3. The number of aromatic nitrogens is 5. The second-order valence-electron chi connectivity index (χ2n) is 40.4. The predicted octanol–water partition coefficient (Wildman–Crippen LogP) is 39.3. The van der Waals surface area contributed by atoms with Gasteiger partial charge in [-0.1, -0.05) is 347 Å². The third kappa shape index (κ3) is 13.1. The minimum Gasteiger partial charge on any atom is -0.454 e. The highest BCUT2D eigenvalue weighted by molar-refractivity contribution is 7.26. The monoisotopic (exact) mass is 1930 g/mol. The summed E-state index contributed by atoms with van der Waals surface area (Å²) in [6.45, 7) is 4.74. The summed E-state index contributed by atoms with van der Waals surface area (Å²) in [6.07, 6.45) is 0. The van der Waals surface area contributed by atoms with Gasteiger partial charge in [0.2, 0.25) is 0 Å². The molecule has 9 aromatic heterocycles. The first kappa shape index (κ1) is 85.1. The smallest absolute Gasteiger partial charge is 0.160 e.